The molecule has 0 unspecified atom stereocenters. The third-order valence-corrected chi connectivity index (χ3v) is 3.14. The molecule has 0 spiro atoms. The van der Waals surface area contributed by atoms with Crippen LogP contribution in [-0.2, 0) is 0 Å². The van der Waals surface area contributed by atoms with Crippen LogP contribution in [0.1, 0.15) is 19.3 Å². The molecule has 0 bridgehead atoms. The Labute approximate surface area is 91.0 Å². The van der Waals surface area contributed by atoms with Gasteiger partial charge in [0.05, 0.1) is 4.92 Å². The number of thiazole rings is 1. The summed E-state index contributed by atoms with van der Waals surface area (Å²) in [5, 5.41) is 13.2. The smallest absolute Gasteiger partial charge is 0.294 e. The molecule has 0 saturated carbocycles. The Morgan fingerprint density at radius 3 is 2.80 bits per heavy atom. The number of hydrogen-bond donors (Lipinski definition) is 1. The Balaban J connectivity index is 1.94. The standard InChI is InChI=1S/C8H12N4O2S/c13-12(14)7-6-9-8(15-7)10-11-4-2-1-3-5-11/h6H,1-5H2,(H,9,10). The molecule has 1 aliphatic rings. The van der Waals surface area contributed by atoms with Crippen LogP contribution in [0, 0.1) is 10.1 Å². The van der Waals surface area contributed by atoms with Crippen molar-refractivity contribution >= 4 is 21.5 Å². The minimum Gasteiger partial charge on any atom is -0.294 e. The predicted octanol–water partition coefficient (Wildman–Crippen LogP) is 1.86. The Morgan fingerprint density at radius 2 is 2.20 bits per heavy atom. The van der Waals surface area contributed by atoms with Crippen molar-refractivity contribution in [2.75, 3.05) is 18.5 Å². The van der Waals surface area contributed by atoms with Crippen molar-refractivity contribution in [3.63, 3.8) is 0 Å². The van der Waals surface area contributed by atoms with Gasteiger partial charge in [0.2, 0.25) is 5.13 Å². The third-order valence-electron chi connectivity index (χ3n) is 2.28. The van der Waals surface area contributed by atoms with Gasteiger partial charge >= 0.3 is 5.00 Å². The molecule has 1 aromatic heterocycles. The highest BCUT2D eigenvalue weighted by Crippen LogP contribution is 2.25. The number of aromatic nitrogens is 1. The zero-order chi connectivity index (χ0) is 10.7. The van der Waals surface area contributed by atoms with E-state index in [2.05, 4.69) is 15.4 Å². The molecule has 2 rings (SSSR count). The highest BCUT2D eigenvalue weighted by molar-refractivity contribution is 7.18. The minimum atomic E-state index is -0.418. The average molecular weight is 228 g/mol. The largest absolute Gasteiger partial charge is 0.345 e. The molecule has 1 aliphatic heterocycles. The first-order valence-electron chi connectivity index (χ1n) is 4.87. The molecule has 1 fully saturated rings. The molecule has 0 radical (unpaired) electrons. The van der Waals surface area contributed by atoms with Gasteiger partial charge < -0.3 is 0 Å². The lowest BCUT2D eigenvalue weighted by atomic mass is 10.2. The molecule has 2 heterocycles. The fourth-order valence-corrected chi connectivity index (χ4v) is 2.20. The summed E-state index contributed by atoms with van der Waals surface area (Å²) in [6, 6.07) is 0. The SMILES string of the molecule is O=[N+]([O-])c1cnc(NN2CCCCC2)s1. The number of nitro groups is 1. The predicted molar refractivity (Wildman–Crippen MR) is 57.8 cm³/mol. The van der Waals surface area contributed by atoms with E-state index in [1.807, 2.05) is 0 Å². The molecule has 0 amide bonds. The minimum absolute atomic E-state index is 0.0782. The molecule has 1 saturated heterocycles. The van der Waals surface area contributed by atoms with E-state index in [0.29, 0.717) is 5.13 Å². The van der Waals surface area contributed by atoms with Gasteiger partial charge in [-0.15, -0.1) is 0 Å². The topological polar surface area (TPSA) is 71.3 Å². The molecule has 1 N–H and O–H groups in total. The molecule has 0 atom stereocenters. The molecule has 0 aromatic carbocycles. The van der Waals surface area contributed by atoms with E-state index >= 15 is 0 Å². The van der Waals surface area contributed by atoms with E-state index in [9.17, 15) is 10.1 Å². The van der Waals surface area contributed by atoms with E-state index < -0.39 is 4.92 Å². The third kappa shape index (κ3) is 2.63. The number of hydrazine groups is 1. The Hall–Kier alpha value is -1.21. The molecule has 7 heteroatoms. The fourth-order valence-electron chi connectivity index (χ4n) is 1.54. The summed E-state index contributed by atoms with van der Waals surface area (Å²) in [5.41, 5.74) is 3.09. The summed E-state index contributed by atoms with van der Waals surface area (Å²) in [6.45, 7) is 1.96. The highest BCUT2D eigenvalue weighted by atomic mass is 32.1. The number of nitrogens with one attached hydrogen (secondary N) is 1. The van der Waals surface area contributed by atoms with Crippen molar-refractivity contribution in [2.45, 2.75) is 19.3 Å². The summed E-state index contributed by atoms with van der Waals surface area (Å²) in [5.74, 6) is 0. The van der Waals surface area contributed by atoms with E-state index in [1.165, 1.54) is 25.5 Å². The Morgan fingerprint density at radius 1 is 1.47 bits per heavy atom. The zero-order valence-electron chi connectivity index (χ0n) is 8.18. The second kappa shape index (κ2) is 4.54. The number of piperidine rings is 1. The summed E-state index contributed by atoms with van der Waals surface area (Å²) in [6.07, 6.45) is 4.88. The maximum Gasteiger partial charge on any atom is 0.345 e. The van der Waals surface area contributed by atoms with Gasteiger partial charge in [-0.25, -0.2) is 9.99 Å². The lowest BCUT2D eigenvalue weighted by Gasteiger charge is -2.26. The Kier molecular flexibility index (Phi) is 3.12. The van der Waals surface area contributed by atoms with E-state index in [1.54, 1.807) is 0 Å². The van der Waals surface area contributed by atoms with Gasteiger partial charge in [-0.3, -0.25) is 15.5 Å². The first-order chi connectivity index (χ1) is 7.25. The lowest BCUT2D eigenvalue weighted by Crippen LogP contribution is -2.34. The first-order valence-corrected chi connectivity index (χ1v) is 5.69. The summed E-state index contributed by atoms with van der Waals surface area (Å²) in [4.78, 5) is 14.0. The van der Waals surface area contributed by atoms with Gasteiger partial charge in [-0.1, -0.05) is 6.42 Å². The number of anilines is 1. The van der Waals surface area contributed by atoms with Crippen molar-refractivity contribution in [3.05, 3.63) is 16.3 Å². The maximum atomic E-state index is 10.4. The van der Waals surface area contributed by atoms with Gasteiger partial charge in [0.1, 0.15) is 6.20 Å². The fraction of sp³-hybridized carbons (Fsp3) is 0.625. The van der Waals surface area contributed by atoms with Crippen LogP contribution in [0.2, 0.25) is 0 Å². The van der Waals surface area contributed by atoms with Gasteiger partial charge in [0, 0.05) is 13.1 Å². The first kappa shape index (κ1) is 10.3. The van der Waals surface area contributed by atoms with Crippen LogP contribution in [0.4, 0.5) is 10.1 Å². The van der Waals surface area contributed by atoms with Crippen molar-refractivity contribution < 1.29 is 4.92 Å². The van der Waals surface area contributed by atoms with Gasteiger partial charge in [0.15, 0.2) is 0 Å². The summed E-state index contributed by atoms with van der Waals surface area (Å²) >= 11 is 1.07. The van der Waals surface area contributed by atoms with E-state index in [0.717, 1.165) is 24.4 Å². The molecule has 0 aliphatic carbocycles. The van der Waals surface area contributed by atoms with Crippen LogP contribution in [0.25, 0.3) is 0 Å². The lowest BCUT2D eigenvalue weighted by molar-refractivity contribution is -0.380. The van der Waals surface area contributed by atoms with Crippen molar-refractivity contribution in [3.8, 4) is 0 Å². The zero-order valence-corrected chi connectivity index (χ0v) is 9.00. The number of nitrogens with zero attached hydrogens (tertiary/aromatic N) is 3. The number of hydrogen-bond acceptors (Lipinski definition) is 6. The van der Waals surface area contributed by atoms with Crippen molar-refractivity contribution in [2.24, 2.45) is 0 Å². The monoisotopic (exact) mass is 228 g/mol. The second-order valence-electron chi connectivity index (χ2n) is 3.42. The van der Waals surface area contributed by atoms with Crippen LogP contribution in [0.15, 0.2) is 6.20 Å². The van der Waals surface area contributed by atoms with Crippen LogP contribution in [0.3, 0.4) is 0 Å². The number of rotatable bonds is 3. The highest BCUT2D eigenvalue weighted by Gasteiger charge is 2.15. The van der Waals surface area contributed by atoms with E-state index in [4.69, 9.17) is 0 Å². The quantitative estimate of drug-likeness (QED) is 0.631. The van der Waals surface area contributed by atoms with Crippen LogP contribution in [0.5, 0.6) is 0 Å². The molecule has 1 aromatic rings. The second-order valence-corrected chi connectivity index (χ2v) is 4.43. The van der Waals surface area contributed by atoms with Crippen molar-refractivity contribution in [1.82, 2.24) is 9.99 Å². The summed E-state index contributed by atoms with van der Waals surface area (Å²) in [7, 11) is 0. The molecule has 15 heavy (non-hydrogen) atoms. The Bertz CT molecular complexity index is 348. The molecular weight excluding hydrogens is 216 g/mol. The normalized spacial score (nSPS) is 17.6. The van der Waals surface area contributed by atoms with E-state index in [-0.39, 0.29) is 5.00 Å². The maximum absolute atomic E-state index is 10.4. The van der Waals surface area contributed by atoms with Gasteiger partial charge in [0.25, 0.3) is 0 Å². The molecule has 82 valence electrons. The van der Waals surface area contributed by atoms with Gasteiger partial charge in [-0.2, -0.15) is 0 Å². The van der Waals surface area contributed by atoms with Crippen LogP contribution < -0.4 is 5.43 Å². The molecule has 6 nitrogen and oxygen atoms in total. The van der Waals surface area contributed by atoms with Gasteiger partial charge in [-0.05, 0) is 24.2 Å². The van der Waals surface area contributed by atoms with Crippen LogP contribution >= 0.6 is 11.3 Å². The molecular formula is C8H12N4O2S. The summed E-state index contributed by atoms with van der Waals surface area (Å²) < 4.78 is 0. The average Bonchev–Trinajstić information content (AvgIpc) is 2.68. The van der Waals surface area contributed by atoms with Crippen molar-refractivity contribution in [1.29, 1.82) is 0 Å². The van der Waals surface area contributed by atoms with Crippen LogP contribution in [-0.4, -0.2) is 28.0 Å².